The minimum Gasteiger partial charge on any atom is -0.497 e. The van der Waals surface area contributed by atoms with E-state index < -0.39 is 0 Å². The monoisotopic (exact) mass is 355 g/mol. The highest BCUT2D eigenvalue weighted by atomic mass is 32.1. The van der Waals surface area contributed by atoms with Crippen LogP contribution >= 0.6 is 12.2 Å². The maximum atomic E-state index is 5.60. The number of hydrogen-bond donors (Lipinski definition) is 1. The van der Waals surface area contributed by atoms with E-state index in [0.717, 1.165) is 42.7 Å². The van der Waals surface area contributed by atoms with Crippen molar-refractivity contribution in [3.8, 4) is 5.75 Å². The number of aryl methyl sites for hydroxylation is 2. The van der Waals surface area contributed by atoms with E-state index in [2.05, 4.69) is 59.3 Å². The molecule has 132 valence electrons. The molecule has 0 spiro atoms. The molecular formula is C20H25N3OS. The number of thiocarbonyl (C=S) groups is 1. The minimum absolute atomic E-state index is 0.800. The molecule has 4 nitrogen and oxygen atoms in total. The van der Waals surface area contributed by atoms with Crippen LogP contribution in [0.4, 0.5) is 11.4 Å². The van der Waals surface area contributed by atoms with Crippen molar-refractivity contribution in [3.05, 3.63) is 53.6 Å². The molecule has 3 rings (SSSR count). The van der Waals surface area contributed by atoms with Crippen molar-refractivity contribution < 1.29 is 4.74 Å². The Kier molecular flexibility index (Phi) is 5.43. The quantitative estimate of drug-likeness (QED) is 0.845. The van der Waals surface area contributed by atoms with Gasteiger partial charge in [0.25, 0.3) is 0 Å². The lowest BCUT2D eigenvalue weighted by molar-refractivity contribution is 0.389. The number of ether oxygens (including phenoxy) is 1. The summed E-state index contributed by atoms with van der Waals surface area (Å²) in [6.45, 7) is 7.96. The Balaban J connectivity index is 1.57. The van der Waals surface area contributed by atoms with Crippen molar-refractivity contribution in [2.24, 2.45) is 0 Å². The van der Waals surface area contributed by atoms with Crippen LogP contribution in [0.2, 0.25) is 0 Å². The summed E-state index contributed by atoms with van der Waals surface area (Å²) < 4.78 is 5.32. The number of anilines is 2. The number of benzene rings is 2. The fraction of sp³-hybridized carbons (Fsp3) is 0.350. The van der Waals surface area contributed by atoms with Gasteiger partial charge in [0, 0.05) is 43.6 Å². The molecule has 0 radical (unpaired) electrons. The van der Waals surface area contributed by atoms with Gasteiger partial charge in [-0.15, -0.1) is 0 Å². The number of rotatable bonds is 3. The molecule has 0 atom stereocenters. The third-order valence-electron chi connectivity index (χ3n) is 4.74. The molecule has 0 bridgehead atoms. The molecule has 1 N–H and O–H groups in total. The molecule has 25 heavy (non-hydrogen) atoms. The second-order valence-electron chi connectivity index (χ2n) is 6.40. The van der Waals surface area contributed by atoms with Crippen LogP contribution in [0.25, 0.3) is 0 Å². The number of piperazine rings is 1. The first-order valence-corrected chi connectivity index (χ1v) is 9.00. The molecule has 2 aromatic rings. The van der Waals surface area contributed by atoms with Crippen molar-refractivity contribution in [3.63, 3.8) is 0 Å². The second-order valence-corrected chi connectivity index (χ2v) is 6.79. The molecular weight excluding hydrogens is 330 g/mol. The number of methoxy groups -OCH3 is 1. The van der Waals surface area contributed by atoms with E-state index in [0.29, 0.717) is 0 Å². The summed E-state index contributed by atoms with van der Waals surface area (Å²) in [4.78, 5) is 4.61. The van der Waals surface area contributed by atoms with Crippen molar-refractivity contribution >= 4 is 28.7 Å². The van der Waals surface area contributed by atoms with Crippen LogP contribution < -0.4 is 15.0 Å². The summed E-state index contributed by atoms with van der Waals surface area (Å²) in [7, 11) is 1.70. The van der Waals surface area contributed by atoms with Gasteiger partial charge in [-0.05, 0) is 61.5 Å². The molecule has 2 aromatic carbocycles. The van der Waals surface area contributed by atoms with Crippen molar-refractivity contribution in [1.82, 2.24) is 4.90 Å². The normalized spacial score (nSPS) is 14.4. The summed E-state index contributed by atoms with van der Waals surface area (Å²) in [5, 5.41) is 4.17. The second kappa shape index (κ2) is 7.74. The first kappa shape index (κ1) is 17.5. The third-order valence-corrected chi connectivity index (χ3v) is 5.10. The van der Waals surface area contributed by atoms with E-state index in [4.69, 9.17) is 17.0 Å². The molecule has 0 aromatic heterocycles. The van der Waals surface area contributed by atoms with Crippen LogP contribution in [-0.2, 0) is 0 Å². The first-order valence-electron chi connectivity index (χ1n) is 8.59. The molecule has 0 amide bonds. The number of nitrogens with zero attached hydrogens (tertiary/aromatic N) is 2. The van der Waals surface area contributed by atoms with Gasteiger partial charge in [-0.25, -0.2) is 0 Å². The summed E-state index contributed by atoms with van der Waals surface area (Å²) in [5.74, 6) is 0.895. The zero-order chi connectivity index (χ0) is 17.8. The lowest BCUT2D eigenvalue weighted by atomic mass is 10.1. The summed E-state index contributed by atoms with van der Waals surface area (Å²) in [6.07, 6.45) is 0. The molecule has 1 aliphatic heterocycles. The maximum Gasteiger partial charge on any atom is 0.173 e. The number of hydrogen-bond acceptors (Lipinski definition) is 3. The molecule has 5 heteroatoms. The van der Waals surface area contributed by atoms with E-state index >= 15 is 0 Å². The molecule has 0 aliphatic carbocycles. The third kappa shape index (κ3) is 4.23. The van der Waals surface area contributed by atoms with Gasteiger partial charge in [0.2, 0.25) is 0 Å². The van der Waals surface area contributed by atoms with Gasteiger partial charge in [0.15, 0.2) is 5.11 Å². The molecule has 1 aliphatic rings. The first-order chi connectivity index (χ1) is 12.1. The van der Waals surface area contributed by atoms with Gasteiger partial charge in [-0.1, -0.05) is 12.1 Å². The van der Waals surface area contributed by atoms with E-state index in [1.54, 1.807) is 7.11 Å². The van der Waals surface area contributed by atoms with Gasteiger partial charge >= 0.3 is 0 Å². The lowest BCUT2D eigenvalue weighted by Crippen LogP contribution is -2.50. The Hall–Kier alpha value is -2.27. The van der Waals surface area contributed by atoms with Gasteiger partial charge in [-0.3, -0.25) is 0 Å². The zero-order valence-electron chi connectivity index (χ0n) is 15.1. The minimum atomic E-state index is 0.800. The van der Waals surface area contributed by atoms with Crippen LogP contribution in [0, 0.1) is 13.8 Å². The van der Waals surface area contributed by atoms with E-state index in [1.165, 1.54) is 16.8 Å². The standard InChI is InChI=1S/C20H25N3OS/c1-15-7-8-17(13-16(15)2)21-20(25)23-11-9-22(10-12-23)18-5-4-6-19(14-18)24-3/h4-8,13-14H,9-12H2,1-3H3,(H,21,25). The Morgan fingerprint density at radius 3 is 2.44 bits per heavy atom. The maximum absolute atomic E-state index is 5.60. The van der Waals surface area contributed by atoms with Crippen LogP contribution in [0.3, 0.4) is 0 Å². The van der Waals surface area contributed by atoms with Crippen molar-refractivity contribution in [2.75, 3.05) is 43.5 Å². The van der Waals surface area contributed by atoms with E-state index in [1.807, 2.05) is 12.1 Å². The fourth-order valence-corrected chi connectivity index (χ4v) is 3.30. The smallest absolute Gasteiger partial charge is 0.173 e. The summed E-state index contributed by atoms with van der Waals surface area (Å²) >= 11 is 5.60. The van der Waals surface area contributed by atoms with Crippen LogP contribution in [-0.4, -0.2) is 43.3 Å². The van der Waals surface area contributed by atoms with Gasteiger partial charge in [0.05, 0.1) is 7.11 Å². The van der Waals surface area contributed by atoms with E-state index in [-0.39, 0.29) is 0 Å². The number of nitrogens with one attached hydrogen (secondary N) is 1. The predicted molar refractivity (Wildman–Crippen MR) is 109 cm³/mol. The summed E-state index contributed by atoms with van der Waals surface area (Å²) in [6, 6.07) is 14.6. The molecule has 1 saturated heterocycles. The average Bonchev–Trinajstić information content (AvgIpc) is 2.65. The van der Waals surface area contributed by atoms with Gasteiger partial charge in [0.1, 0.15) is 5.75 Å². The largest absolute Gasteiger partial charge is 0.497 e. The SMILES string of the molecule is COc1cccc(N2CCN(C(=S)Nc3ccc(C)c(C)c3)CC2)c1. The van der Waals surface area contributed by atoms with E-state index in [9.17, 15) is 0 Å². The lowest BCUT2D eigenvalue weighted by Gasteiger charge is -2.37. The van der Waals surface area contributed by atoms with Gasteiger partial charge in [-0.2, -0.15) is 0 Å². The highest BCUT2D eigenvalue weighted by molar-refractivity contribution is 7.80. The molecule has 0 unspecified atom stereocenters. The Morgan fingerprint density at radius 2 is 1.76 bits per heavy atom. The van der Waals surface area contributed by atoms with Gasteiger partial charge < -0.3 is 19.9 Å². The van der Waals surface area contributed by atoms with Crippen LogP contribution in [0.5, 0.6) is 5.75 Å². The van der Waals surface area contributed by atoms with Crippen molar-refractivity contribution in [2.45, 2.75) is 13.8 Å². The Bertz CT molecular complexity index is 754. The molecule has 1 fully saturated rings. The van der Waals surface area contributed by atoms with Crippen molar-refractivity contribution in [1.29, 1.82) is 0 Å². The Morgan fingerprint density at radius 1 is 1.00 bits per heavy atom. The highest BCUT2D eigenvalue weighted by Gasteiger charge is 2.19. The Labute approximate surface area is 155 Å². The molecule has 0 saturated carbocycles. The molecule has 1 heterocycles. The average molecular weight is 356 g/mol. The fourth-order valence-electron chi connectivity index (χ4n) is 3.00. The van der Waals surface area contributed by atoms with Crippen LogP contribution in [0.1, 0.15) is 11.1 Å². The highest BCUT2D eigenvalue weighted by Crippen LogP contribution is 2.22. The predicted octanol–water partition coefficient (Wildman–Crippen LogP) is 3.83. The summed E-state index contributed by atoms with van der Waals surface area (Å²) in [5.41, 5.74) is 4.83. The zero-order valence-corrected chi connectivity index (χ0v) is 15.9. The van der Waals surface area contributed by atoms with Crippen LogP contribution in [0.15, 0.2) is 42.5 Å². The topological polar surface area (TPSA) is 27.7 Å².